The largest absolute Gasteiger partial charge is 0.497 e. The average Bonchev–Trinajstić information content (AvgIpc) is 3.47. The van der Waals surface area contributed by atoms with Crippen molar-refractivity contribution in [1.82, 2.24) is 10.2 Å². The predicted molar refractivity (Wildman–Crippen MR) is 114 cm³/mol. The van der Waals surface area contributed by atoms with Crippen molar-refractivity contribution in [3.05, 3.63) is 58.6 Å². The Labute approximate surface area is 176 Å². The Hall–Kier alpha value is -2.40. The van der Waals surface area contributed by atoms with Gasteiger partial charge in [0.2, 0.25) is 0 Å². The molecule has 0 spiro atoms. The summed E-state index contributed by atoms with van der Waals surface area (Å²) < 4.78 is 10.9. The number of hydrogen-bond donors (Lipinski definition) is 1. The zero-order chi connectivity index (χ0) is 20.4. The van der Waals surface area contributed by atoms with Crippen LogP contribution in [0.15, 0.2) is 42.5 Å². The maximum atomic E-state index is 13.3. The summed E-state index contributed by atoms with van der Waals surface area (Å²) in [6, 6.07) is 13.6. The zero-order valence-electron chi connectivity index (χ0n) is 16.9. The Morgan fingerprint density at radius 3 is 2.52 bits per heavy atom. The van der Waals surface area contributed by atoms with Crippen molar-refractivity contribution in [2.75, 3.05) is 20.8 Å². The molecule has 1 heterocycles. The Morgan fingerprint density at radius 1 is 1.10 bits per heavy atom. The third-order valence-electron chi connectivity index (χ3n) is 5.91. The molecule has 154 valence electrons. The molecule has 0 radical (unpaired) electrons. The molecule has 2 aromatic carbocycles. The molecule has 1 saturated heterocycles. The monoisotopic (exact) mass is 414 g/mol. The van der Waals surface area contributed by atoms with Gasteiger partial charge in [-0.1, -0.05) is 23.7 Å². The van der Waals surface area contributed by atoms with Crippen LogP contribution in [0.5, 0.6) is 11.5 Å². The first kappa shape index (κ1) is 19.9. The van der Waals surface area contributed by atoms with Crippen LogP contribution in [-0.2, 0) is 0 Å². The summed E-state index contributed by atoms with van der Waals surface area (Å²) in [5, 5.41) is 4.00. The normalized spacial score (nSPS) is 19.7. The maximum Gasteiger partial charge on any atom is 0.318 e. The highest BCUT2D eigenvalue weighted by atomic mass is 35.5. The molecule has 4 rings (SSSR count). The molecular weight excluding hydrogens is 388 g/mol. The van der Waals surface area contributed by atoms with Crippen LogP contribution < -0.4 is 14.8 Å². The first-order chi connectivity index (χ1) is 14.1. The van der Waals surface area contributed by atoms with Crippen LogP contribution in [0, 0.1) is 5.92 Å². The first-order valence-electron chi connectivity index (χ1n) is 10.1. The second-order valence-electron chi connectivity index (χ2n) is 7.78. The topological polar surface area (TPSA) is 50.8 Å². The summed E-state index contributed by atoms with van der Waals surface area (Å²) >= 11 is 6.04. The predicted octanol–water partition coefficient (Wildman–Crippen LogP) is 5.36. The minimum Gasteiger partial charge on any atom is -0.497 e. The van der Waals surface area contributed by atoms with E-state index in [0.29, 0.717) is 10.9 Å². The third-order valence-corrected chi connectivity index (χ3v) is 6.17. The summed E-state index contributed by atoms with van der Waals surface area (Å²) in [4.78, 5) is 15.2. The Kier molecular flexibility index (Phi) is 5.86. The number of rotatable bonds is 6. The molecule has 5 nitrogen and oxygen atoms in total. The molecule has 1 aliphatic carbocycles. The smallest absolute Gasteiger partial charge is 0.318 e. The van der Waals surface area contributed by atoms with Crippen molar-refractivity contribution in [2.45, 2.75) is 37.8 Å². The maximum absolute atomic E-state index is 13.3. The Balaban J connectivity index is 1.54. The summed E-state index contributed by atoms with van der Waals surface area (Å²) in [6.45, 7) is 0.740. The number of hydrogen-bond acceptors (Lipinski definition) is 3. The van der Waals surface area contributed by atoms with Gasteiger partial charge in [0.25, 0.3) is 0 Å². The van der Waals surface area contributed by atoms with Crippen LogP contribution >= 0.6 is 11.6 Å². The minimum absolute atomic E-state index is 0.000858. The van der Waals surface area contributed by atoms with Crippen molar-refractivity contribution < 1.29 is 14.3 Å². The molecule has 1 aliphatic heterocycles. The van der Waals surface area contributed by atoms with E-state index in [9.17, 15) is 4.79 Å². The van der Waals surface area contributed by atoms with Gasteiger partial charge in [-0.15, -0.1) is 0 Å². The van der Waals surface area contributed by atoms with E-state index < -0.39 is 0 Å². The highest BCUT2D eigenvalue weighted by Gasteiger charge is 2.37. The standard InChI is InChI=1S/C23H27ClN2O3/c1-28-18-11-12-19(21(14-18)29-2)20-4-3-13-26(20)23(27)25-22(15-5-6-15)16-7-9-17(24)10-8-16/h7-12,14-15,20,22H,3-6,13H2,1-2H3,(H,25,27). The van der Waals surface area contributed by atoms with Crippen molar-refractivity contribution in [2.24, 2.45) is 5.92 Å². The molecule has 0 aromatic heterocycles. The number of nitrogens with one attached hydrogen (secondary N) is 1. The molecule has 6 heteroatoms. The van der Waals surface area contributed by atoms with Crippen molar-refractivity contribution >= 4 is 17.6 Å². The SMILES string of the molecule is COc1ccc(C2CCCN2C(=O)NC(c2ccc(Cl)cc2)C2CC2)c(OC)c1. The number of urea groups is 1. The lowest BCUT2D eigenvalue weighted by molar-refractivity contribution is 0.186. The highest BCUT2D eigenvalue weighted by molar-refractivity contribution is 6.30. The number of methoxy groups -OCH3 is 2. The van der Waals surface area contributed by atoms with Crippen molar-refractivity contribution in [3.63, 3.8) is 0 Å². The van der Waals surface area contributed by atoms with Gasteiger partial charge in [-0.25, -0.2) is 4.79 Å². The van der Waals surface area contributed by atoms with Crippen LogP contribution in [0.3, 0.4) is 0 Å². The van der Waals surface area contributed by atoms with E-state index in [4.69, 9.17) is 21.1 Å². The highest BCUT2D eigenvalue weighted by Crippen LogP contribution is 2.43. The fraction of sp³-hybridized carbons (Fsp3) is 0.435. The molecule has 1 saturated carbocycles. The molecule has 1 N–H and O–H groups in total. The molecule has 2 atom stereocenters. The van der Waals surface area contributed by atoms with Crippen LogP contribution in [0.25, 0.3) is 0 Å². The fourth-order valence-corrected chi connectivity index (χ4v) is 4.34. The molecule has 2 fully saturated rings. The van der Waals surface area contributed by atoms with Crippen molar-refractivity contribution in [3.8, 4) is 11.5 Å². The number of nitrogens with zero attached hydrogens (tertiary/aromatic N) is 1. The van der Waals surface area contributed by atoms with Crippen LogP contribution in [-0.4, -0.2) is 31.7 Å². The molecule has 2 amide bonds. The number of amides is 2. The van der Waals surface area contributed by atoms with Gasteiger partial charge in [0, 0.05) is 23.2 Å². The van der Waals surface area contributed by atoms with E-state index in [1.54, 1.807) is 14.2 Å². The minimum atomic E-state index is -0.0165. The molecule has 2 aromatic rings. The number of carbonyl (C=O) groups is 1. The number of carbonyl (C=O) groups excluding carboxylic acids is 1. The van der Waals surface area contributed by atoms with E-state index in [2.05, 4.69) is 5.32 Å². The van der Waals surface area contributed by atoms with Gasteiger partial charge < -0.3 is 19.7 Å². The number of likely N-dealkylation sites (tertiary alicyclic amines) is 1. The van der Waals surface area contributed by atoms with Crippen LogP contribution in [0.4, 0.5) is 4.79 Å². The Morgan fingerprint density at radius 2 is 1.86 bits per heavy atom. The second kappa shape index (κ2) is 8.54. The average molecular weight is 415 g/mol. The van der Waals surface area contributed by atoms with E-state index in [-0.39, 0.29) is 18.1 Å². The van der Waals surface area contributed by atoms with E-state index >= 15 is 0 Å². The molecule has 0 bridgehead atoms. The lowest BCUT2D eigenvalue weighted by Gasteiger charge is -2.29. The van der Waals surface area contributed by atoms with Gasteiger partial charge in [0.15, 0.2) is 0 Å². The van der Waals surface area contributed by atoms with Gasteiger partial charge in [-0.3, -0.25) is 0 Å². The van der Waals surface area contributed by atoms with Crippen LogP contribution in [0.1, 0.15) is 48.9 Å². The molecule has 29 heavy (non-hydrogen) atoms. The Bertz CT molecular complexity index is 867. The third kappa shape index (κ3) is 4.30. The summed E-state index contributed by atoms with van der Waals surface area (Å²) in [7, 11) is 3.29. The van der Waals surface area contributed by atoms with Gasteiger partial charge in [-0.2, -0.15) is 0 Å². The number of ether oxygens (including phenoxy) is 2. The molecule has 2 aliphatic rings. The van der Waals surface area contributed by atoms with E-state index in [1.807, 2.05) is 47.4 Å². The summed E-state index contributed by atoms with van der Waals surface area (Å²) in [5.41, 5.74) is 2.14. The summed E-state index contributed by atoms with van der Waals surface area (Å²) in [6.07, 6.45) is 4.18. The lowest BCUT2D eigenvalue weighted by Crippen LogP contribution is -2.42. The quantitative estimate of drug-likeness (QED) is 0.692. The lowest BCUT2D eigenvalue weighted by atomic mass is 10.0. The van der Waals surface area contributed by atoms with Gasteiger partial charge in [-0.05, 0) is 61.4 Å². The van der Waals surface area contributed by atoms with E-state index in [0.717, 1.165) is 54.9 Å². The van der Waals surface area contributed by atoms with E-state index in [1.165, 1.54) is 0 Å². The first-order valence-corrected chi connectivity index (χ1v) is 10.5. The number of halogens is 1. The van der Waals surface area contributed by atoms with Gasteiger partial charge >= 0.3 is 6.03 Å². The second-order valence-corrected chi connectivity index (χ2v) is 8.21. The zero-order valence-corrected chi connectivity index (χ0v) is 17.6. The molecule has 2 unspecified atom stereocenters. The molecular formula is C23H27ClN2O3. The van der Waals surface area contributed by atoms with Gasteiger partial charge in [0.05, 0.1) is 26.3 Å². The summed E-state index contributed by atoms with van der Waals surface area (Å²) in [5.74, 6) is 2.00. The van der Waals surface area contributed by atoms with Crippen LogP contribution in [0.2, 0.25) is 5.02 Å². The van der Waals surface area contributed by atoms with Gasteiger partial charge in [0.1, 0.15) is 11.5 Å². The number of benzene rings is 2. The van der Waals surface area contributed by atoms with Crippen molar-refractivity contribution in [1.29, 1.82) is 0 Å². The fourth-order valence-electron chi connectivity index (χ4n) is 4.22.